The van der Waals surface area contributed by atoms with E-state index in [0.29, 0.717) is 32.3 Å². The summed E-state index contributed by atoms with van der Waals surface area (Å²) >= 11 is 0. The van der Waals surface area contributed by atoms with E-state index in [0.717, 1.165) is 24.3 Å². The summed E-state index contributed by atoms with van der Waals surface area (Å²) in [6.07, 6.45) is 2.42. The van der Waals surface area contributed by atoms with E-state index in [2.05, 4.69) is 15.6 Å². The van der Waals surface area contributed by atoms with Gasteiger partial charge in [-0.1, -0.05) is 0 Å². The molecule has 0 amide bonds. The second kappa shape index (κ2) is 13.3. The summed E-state index contributed by atoms with van der Waals surface area (Å²) in [6.45, 7) is 2.38. The van der Waals surface area contributed by atoms with E-state index in [1.165, 1.54) is 6.07 Å². The lowest BCUT2D eigenvalue weighted by atomic mass is 10.3. The van der Waals surface area contributed by atoms with Crippen molar-refractivity contribution >= 4 is 29.9 Å². The molecule has 2 N–H and O–H groups in total. The Morgan fingerprint density at radius 1 is 1.15 bits per heavy atom. The van der Waals surface area contributed by atoms with Crippen LogP contribution in [0.25, 0.3) is 0 Å². The smallest absolute Gasteiger partial charge is 0.191 e. The molecule has 0 aliphatic rings. The van der Waals surface area contributed by atoms with Crippen molar-refractivity contribution in [1.82, 2.24) is 10.6 Å². The molecule has 0 unspecified atom stereocenters. The zero-order valence-corrected chi connectivity index (χ0v) is 17.4. The number of halogens is 3. The van der Waals surface area contributed by atoms with Crippen LogP contribution < -0.4 is 15.4 Å². The lowest BCUT2D eigenvalue weighted by Gasteiger charge is -2.12. The molecule has 1 aromatic carbocycles. The average molecular weight is 495 g/mol. The van der Waals surface area contributed by atoms with E-state index < -0.39 is 11.6 Å². The van der Waals surface area contributed by atoms with Crippen LogP contribution in [0.3, 0.4) is 0 Å². The van der Waals surface area contributed by atoms with Crippen molar-refractivity contribution in [2.24, 2.45) is 4.99 Å². The number of benzene rings is 1. The Morgan fingerprint density at radius 2 is 1.96 bits per heavy atom. The van der Waals surface area contributed by atoms with Crippen LogP contribution in [0.15, 0.2) is 46.0 Å². The molecule has 0 aliphatic carbocycles. The first-order valence-corrected chi connectivity index (χ1v) is 8.31. The topological polar surface area (TPSA) is 68.0 Å². The van der Waals surface area contributed by atoms with Crippen molar-refractivity contribution in [3.05, 3.63) is 54.0 Å². The molecule has 0 radical (unpaired) electrons. The summed E-state index contributed by atoms with van der Waals surface area (Å²) in [5.74, 6) is 0.0739. The van der Waals surface area contributed by atoms with E-state index in [9.17, 15) is 8.78 Å². The Labute approximate surface area is 174 Å². The predicted octanol–water partition coefficient (Wildman–Crippen LogP) is 3.33. The highest BCUT2D eigenvalue weighted by atomic mass is 127. The largest absolute Gasteiger partial charge is 0.489 e. The van der Waals surface area contributed by atoms with E-state index in [4.69, 9.17) is 13.9 Å². The maximum Gasteiger partial charge on any atom is 0.191 e. The molecular weight excluding hydrogens is 471 g/mol. The van der Waals surface area contributed by atoms with Crippen LogP contribution in [-0.4, -0.2) is 39.3 Å². The van der Waals surface area contributed by atoms with Crippen LogP contribution in [0.5, 0.6) is 5.75 Å². The summed E-state index contributed by atoms with van der Waals surface area (Å²) in [5, 5.41) is 6.18. The number of furan rings is 1. The Morgan fingerprint density at radius 3 is 2.67 bits per heavy atom. The maximum absolute atomic E-state index is 13.4. The quantitative estimate of drug-likeness (QED) is 0.229. The number of hydrogen-bond donors (Lipinski definition) is 2. The number of hydrogen-bond acceptors (Lipinski definition) is 4. The molecule has 1 heterocycles. The van der Waals surface area contributed by atoms with E-state index in [-0.39, 0.29) is 36.3 Å². The monoisotopic (exact) mass is 495 g/mol. The third-order valence-electron chi connectivity index (χ3n) is 3.35. The Hall–Kier alpha value is -1.88. The number of nitrogens with zero attached hydrogens (tertiary/aromatic N) is 1. The van der Waals surface area contributed by atoms with E-state index in [1.807, 2.05) is 12.1 Å². The average Bonchev–Trinajstić information content (AvgIpc) is 3.14. The van der Waals surface area contributed by atoms with Gasteiger partial charge in [-0.2, -0.15) is 0 Å². The first kappa shape index (κ1) is 23.2. The van der Waals surface area contributed by atoms with Crippen molar-refractivity contribution in [1.29, 1.82) is 0 Å². The number of rotatable bonds is 10. The van der Waals surface area contributed by atoms with Gasteiger partial charge >= 0.3 is 0 Å². The summed E-state index contributed by atoms with van der Waals surface area (Å²) in [7, 11) is 1.66. The number of aliphatic imine (C=N–C) groups is 1. The molecule has 150 valence electrons. The van der Waals surface area contributed by atoms with Gasteiger partial charge in [0.1, 0.15) is 24.8 Å². The molecule has 0 atom stereocenters. The highest BCUT2D eigenvalue weighted by Gasteiger charge is 2.04. The molecule has 1 aromatic heterocycles. The first-order valence-electron chi connectivity index (χ1n) is 8.31. The van der Waals surface area contributed by atoms with Gasteiger partial charge in [0.2, 0.25) is 0 Å². The zero-order valence-electron chi connectivity index (χ0n) is 15.0. The second-order valence-corrected chi connectivity index (χ2v) is 5.33. The minimum Gasteiger partial charge on any atom is -0.489 e. The fraction of sp³-hybridized carbons (Fsp3) is 0.389. The number of nitrogens with one attached hydrogen (secondary N) is 2. The highest BCUT2D eigenvalue weighted by molar-refractivity contribution is 14.0. The van der Waals surface area contributed by atoms with Crippen LogP contribution in [0.2, 0.25) is 0 Å². The fourth-order valence-corrected chi connectivity index (χ4v) is 2.09. The molecule has 2 aromatic rings. The van der Waals surface area contributed by atoms with Gasteiger partial charge in [-0.15, -0.1) is 24.0 Å². The maximum atomic E-state index is 13.4. The molecule has 27 heavy (non-hydrogen) atoms. The minimum atomic E-state index is -0.720. The van der Waals surface area contributed by atoms with E-state index in [1.54, 1.807) is 13.3 Å². The van der Waals surface area contributed by atoms with E-state index >= 15 is 0 Å². The van der Waals surface area contributed by atoms with Crippen molar-refractivity contribution in [2.45, 2.75) is 13.0 Å². The zero-order chi connectivity index (χ0) is 18.6. The van der Waals surface area contributed by atoms with Gasteiger partial charge in [0, 0.05) is 26.3 Å². The molecular formula is C18H24F2IN3O3. The SMILES string of the molecule is CN=C(NCCCOCc1ccco1)NCCOc1ccc(F)cc1F.I. The van der Waals surface area contributed by atoms with Gasteiger partial charge in [0.15, 0.2) is 17.5 Å². The summed E-state index contributed by atoms with van der Waals surface area (Å²) < 4.78 is 42.2. The fourth-order valence-electron chi connectivity index (χ4n) is 2.09. The van der Waals surface area contributed by atoms with Crippen molar-refractivity contribution in [3.8, 4) is 5.75 Å². The molecule has 2 rings (SSSR count). The lowest BCUT2D eigenvalue weighted by Crippen LogP contribution is -2.39. The van der Waals surface area contributed by atoms with Crippen LogP contribution in [0.4, 0.5) is 8.78 Å². The summed E-state index contributed by atoms with van der Waals surface area (Å²) in [6, 6.07) is 6.89. The molecule has 0 fully saturated rings. The van der Waals surface area contributed by atoms with Gasteiger partial charge in [-0.05, 0) is 30.7 Å². The minimum absolute atomic E-state index is 0. The first-order chi connectivity index (χ1) is 12.7. The Balaban J connectivity index is 0.00000364. The summed E-state index contributed by atoms with van der Waals surface area (Å²) in [4.78, 5) is 4.08. The molecule has 6 nitrogen and oxygen atoms in total. The Kier molecular flexibility index (Phi) is 11.4. The number of ether oxygens (including phenoxy) is 2. The highest BCUT2D eigenvalue weighted by Crippen LogP contribution is 2.17. The van der Waals surface area contributed by atoms with Crippen LogP contribution in [0, 0.1) is 11.6 Å². The molecule has 0 bridgehead atoms. The van der Waals surface area contributed by atoms with Gasteiger partial charge < -0.3 is 24.5 Å². The molecule has 0 aliphatic heterocycles. The molecule has 9 heteroatoms. The van der Waals surface area contributed by atoms with Crippen LogP contribution >= 0.6 is 24.0 Å². The molecule has 0 saturated heterocycles. The van der Waals surface area contributed by atoms with Crippen LogP contribution in [0.1, 0.15) is 12.2 Å². The molecule has 0 spiro atoms. The van der Waals surface area contributed by atoms with Gasteiger partial charge in [-0.3, -0.25) is 4.99 Å². The normalized spacial score (nSPS) is 11.0. The standard InChI is InChI=1S/C18H23F2N3O3.HI/c1-21-18(22-7-3-9-24-13-15-4-2-10-25-15)23-8-11-26-17-6-5-14(19)12-16(17)20;/h2,4-6,10,12H,3,7-9,11,13H2,1H3,(H2,21,22,23);1H. The number of guanidine groups is 1. The van der Waals surface area contributed by atoms with Gasteiger partial charge in [0.25, 0.3) is 0 Å². The third kappa shape index (κ3) is 9.05. The van der Waals surface area contributed by atoms with Crippen LogP contribution in [-0.2, 0) is 11.3 Å². The van der Waals surface area contributed by atoms with Crippen molar-refractivity contribution in [3.63, 3.8) is 0 Å². The summed E-state index contributed by atoms with van der Waals surface area (Å²) in [5.41, 5.74) is 0. The third-order valence-corrected chi connectivity index (χ3v) is 3.35. The predicted molar refractivity (Wildman–Crippen MR) is 110 cm³/mol. The van der Waals surface area contributed by atoms with Gasteiger partial charge in [0.05, 0.1) is 12.8 Å². The van der Waals surface area contributed by atoms with Crippen molar-refractivity contribution in [2.75, 3.05) is 33.4 Å². The van der Waals surface area contributed by atoms with Crippen molar-refractivity contribution < 1.29 is 22.7 Å². The molecule has 0 saturated carbocycles. The van der Waals surface area contributed by atoms with Gasteiger partial charge in [-0.25, -0.2) is 8.78 Å². The Bertz CT molecular complexity index is 684. The second-order valence-electron chi connectivity index (χ2n) is 5.33. The lowest BCUT2D eigenvalue weighted by molar-refractivity contribution is 0.105.